The number of alkyl halides is 3. The van der Waals surface area contributed by atoms with Crippen molar-refractivity contribution in [1.82, 2.24) is 0 Å². The largest absolute Gasteiger partial charge is 0.573 e. The molecule has 0 radical (unpaired) electrons. The lowest BCUT2D eigenvalue weighted by molar-refractivity contribution is -0.274. The Morgan fingerprint density at radius 3 is 2.45 bits per heavy atom. The van der Waals surface area contributed by atoms with Crippen LogP contribution in [0.3, 0.4) is 0 Å². The molecule has 0 bridgehead atoms. The lowest BCUT2D eigenvalue weighted by atomic mass is 10.2. The first-order chi connectivity index (χ1) is 9.97. The van der Waals surface area contributed by atoms with Crippen LogP contribution in [0.4, 0.5) is 23.2 Å². The maximum atomic E-state index is 13.7. The average molecular weight is 342 g/mol. The smallest absolute Gasteiger partial charge is 0.406 e. The van der Waals surface area contributed by atoms with E-state index in [4.69, 9.17) is 5.14 Å². The normalized spacial score (nSPS) is 19.6. The fraction of sp³-hybridized carbons (Fsp3) is 0.364. The van der Waals surface area contributed by atoms with Gasteiger partial charge in [-0.2, -0.15) is 0 Å². The molecule has 1 atom stereocenters. The molecule has 1 aliphatic rings. The monoisotopic (exact) mass is 342 g/mol. The number of rotatable bonds is 3. The summed E-state index contributed by atoms with van der Waals surface area (Å²) in [5, 5.41) is 3.68. The molecular formula is C11H10F4N2O4S. The second kappa shape index (κ2) is 5.39. The summed E-state index contributed by atoms with van der Waals surface area (Å²) in [6, 6.07) is 2.10. The molecular weight excluding hydrogens is 332 g/mol. The van der Waals surface area contributed by atoms with E-state index in [0.717, 1.165) is 11.0 Å². The molecule has 122 valence electrons. The van der Waals surface area contributed by atoms with Crippen LogP contribution in [0.15, 0.2) is 18.2 Å². The number of primary sulfonamides is 1. The van der Waals surface area contributed by atoms with E-state index < -0.39 is 57.8 Å². The Morgan fingerprint density at radius 1 is 1.32 bits per heavy atom. The van der Waals surface area contributed by atoms with Gasteiger partial charge in [0.2, 0.25) is 15.9 Å². The van der Waals surface area contributed by atoms with Gasteiger partial charge in [0.05, 0.1) is 5.69 Å². The number of nitrogens with two attached hydrogens (primary N) is 1. The van der Waals surface area contributed by atoms with Crippen LogP contribution in [0.2, 0.25) is 0 Å². The van der Waals surface area contributed by atoms with Gasteiger partial charge in [0, 0.05) is 19.0 Å². The molecule has 0 aliphatic carbocycles. The highest BCUT2D eigenvalue weighted by molar-refractivity contribution is 7.89. The summed E-state index contributed by atoms with van der Waals surface area (Å²) in [5.74, 6) is -2.48. The summed E-state index contributed by atoms with van der Waals surface area (Å²) in [6.45, 7) is -0.440. The summed E-state index contributed by atoms with van der Waals surface area (Å²) in [4.78, 5) is 12.5. The highest BCUT2D eigenvalue weighted by Gasteiger charge is 2.38. The van der Waals surface area contributed by atoms with Gasteiger partial charge in [0.1, 0.15) is 16.8 Å². The van der Waals surface area contributed by atoms with Crippen molar-refractivity contribution in [3.05, 3.63) is 24.0 Å². The van der Waals surface area contributed by atoms with Crippen LogP contribution < -0.4 is 14.8 Å². The maximum absolute atomic E-state index is 13.7. The highest BCUT2D eigenvalue weighted by atomic mass is 32.2. The number of sulfonamides is 1. The molecule has 1 fully saturated rings. The maximum Gasteiger partial charge on any atom is 0.573 e. The molecule has 1 unspecified atom stereocenters. The second-order valence-electron chi connectivity index (χ2n) is 4.58. The van der Waals surface area contributed by atoms with Gasteiger partial charge in [-0.05, 0) is 12.1 Å². The minimum Gasteiger partial charge on any atom is -0.406 e. The average Bonchev–Trinajstić information content (AvgIpc) is 2.72. The number of nitrogens with zero attached hydrogens (tertiary/aromatic N) is 1. The van der Waals surface area contributed by atoms with Crippen molar-refractivity contribution >= 4 is 21.6 Å². The van der Waals surface area contributed by atoms with E-state index in [2.05, 4.69) is 4.74 Å². The van der Waals surface area contributed by atoms with Crippen molar-refractivity contribution in [2.24, 2.45) is 5.14 Å². The van der Waals surface area contributed by atoms with E-state index in [1.165, 1.54) is 0 Å². The van der Waals surface area contributed by atoms with E-state index in [-0.39, 0.29) is 0 Å². The Kier molecular flexibility index (Phi) is 4.04. The molecule has 1 saturated heterocycles. The van der Waals surface area contributed by atoms with Crippen LogP contribution in [-0.4, -0.2) is 32.5 Å². The van der Waals surface area contributed by atoms with Gasteiger partial charge >= 0.3 is 6.36 Å². The van der Waals surface area contributed by atoms with Gasteiger partial charge in [-0.1, -0.05) is 0 Å². The summed E-state index contributed by atoms with van der Waals surface area (Å²) in [7, 11) is -4.02. The van der Waals surface area contributed by atoms with Crippen molar-refractivity contribution in [1.29, 1.82) is 0 Å². The van der Waals surface area contributed by atoms with Gasteiger partial charge in [-0.25, -0.2) is 17.9 Å². The summed E-state index contributed by atoms with van der Waals surface area (Å²) in [5.41, 5.74) is -0.502. The predicted octanol–water partition coefficient (Wildman–Crippen LogP) is 1.12. The third-order valence-corrected chi connectivity index (χ3v) is 4.24. The zero-order valence-corrected chi connectivity index (χ0v) is 11.6. The van der Waals surface area contributed by atoms with E-state index >= 15 is 0 Å². The molecule has 1 aromatic rings. The molecule has 11 heteroatoms. The van der Waals surface area contributed by atoms with Crippen LogP contribution in [0.25, 0.3) is 0 Å². The Hall–Kier alpha value is -1.88. The first-order valence-electron chi connectivity index (χ1n) is 5.84. The number of hydrogen-bond acceptors (Lipinski definition) is 4. The Labute approximate surface area is 122 Å². The highest BCUT2D eigenvalue weighted by Crippen LogP contribution is 2.32. The Balaban J connectivity index is 2.32. The molecule has 2 rings (SSSR count). The van der Waals surface area contributed by atoms with Gasteiger partial charge in [0.25, 0.3) is 0 Å². The standard InChI is InChI=1S/C11H10F4N2O4S/c12-8-2-1-6(21-11(13,14)15)3-9(8)17-5-7(4-10(17)18)22(16,19)20/h1-3,7H,4-5H2,(H2,16,19,20). The fourth-order valence-electron chi connectivity index (χ4n) is 2.02. The lowest BCUT2D eigenvalue weighted by Crippen LogP contribution is -2.32. The third kappa shape index (κ3) is 3.65. The van der Waals surface area contributed by atoms with E-state index in [1.54, 1.807) is 0 Å². The van der Waals surface area contributed by atoms with Crippen LogP contribution in [-0.2, 0) is 14.8 Å². The van der Waals surface area contributed by atoms with Crippen molar-refractivity contribution in [2.45, 2.75) is 18.0 Å². The van der Waals surface area contributed by atoms with Crippen LogP contribution >= 0.6 is 0 Å². The first kappa shape index (κ1) is 16.5. The number of carbonyl (C=O) groups is 1. The van der Waals surface area contributed by atoms with Crippen LogP contribution in [0.1, 0.15) is 6.42 Å². The van der Waals surface area contributed by atoms with Crippen LogP contribution in [0.5, 0.6) is 5.75 Å². The fourth-order valence-corrected chi connectivity index (χ4v) is 2.76. The summed E-state index contributed by atoms with van der Waals surface area (Å²) < 4.78 is 76.3. The van der Waals surface area contributed by atoms with Crippen LogP contribution in [0, 0.1) is 5.82 Å². The number of ether oxygens (including phenoxy) is 1. The van der Waals surface area contributed by atoms with Gasteiger partial charge in [0.15, 0.2) is 0 Å². The third-order valence-electron chi connectivity index (χ3n) is 3.00. The summed E-state index contributed by atoms with van der Waals surface area (Å²) >= 11 is 0. The van der Waals surface area contributed by atoms with Crippen molar-refractivity contribution < 1.29 is 35.5 Å². The number of amides is 1. The molecule has 0 spiro atoms. The lowest BCUT2D eigenvalue weighted by Gasteiger charge is -2.18. The predicted molar refractivity (Wildman–Crippen MR) is 66.9 cm³/mol. The number of halogens is 4. The number of anilines is 1. The minimum atomic E-state index is -4.98. The van der Waals surface area contributed by atoms with Crippen molar-refractivity contribution in [2.75, 3.05) is 11.4 Å². The molecule has 1 aromatic carbocycles. The van der Waals surface area contributed by atoms with Gasteiger partial charge in [-0.15, -0.1) is 13.2 Å². The Morgan fingerprint density at radius 2 is 1.95 bits per heavy atom. The number of benzene rings is 1. The van der Waals surface area contributed by atoms with Gasteiger partial charge in [-0.3, -0.25) is 4.79 Å². The summed E-state index contributed by atoms with van der Waals surface area (Å²) in [6.07, 6.45) is -5.45. The molecule has 1 heterocycles. The molecule has 1 aliphatic heterocycles. The van der Waals surface area contributed by atoms with Crippen molar-refractivity contribution in [3.8, 4) is 5.75 Å². The quantitative estimate of drug-likeness (QED) is 0.834. The first-order valence-corrected chi connectivity index (χ1v) is 7.45. The van der Waals surface area contributed by atoms with E-state index in [9.17, 15) is 30.8 Å². The second-order valence-corrected chi connectivity index (χ2v) is 6.43. The molecule has 22 heavy (non-hydrogen) atoms. The van der Waals surface area contributed by atoms with E-state index in [0.29, 0.717) is 12.1 Å². The van der Waals surface area contributed by atoms with Crippen molar-refractivity contribution in [3.63, 3.8) is 0 Å². The topological polar surface area (TPSA) is 89.7 Å². The molecule has 1 amide bonds. The Bertz CT molecular complexity index is 705. The SMILES string of the molecule is NS(=O)(=O)C1CC(=O)N(c2cc(OC(F)(F)F)ccc2F)C1. The zero-order valence-electron chi connectivity index (χ0n) is 10.8. The minimum absolute atomic E-state index is 0.440. The number of hydrogen-bond donors (Lipinski definition) is 1. The molecule has 0 aromatic heterocycles. The molecule has 6 nitrogen and oxygen atoms in total. The van der Waals surface area contributed by atoms with Gasteiger partial charge < -0.3 is 9.64 Å². The van der Waals surface area contributed by atoms with E-state index in [1.807, 2.05) is 0 Å². The molecule has 2 N–H and O–H groups in total. The zero-order chi connectivity index (χ0) is 16.7. The number of carbonyl (C=O) groups excluding carboxylic acids is 1. The molecule has 0 saturated carbocycles.